The number of rotatable bonds is 3. The van der Waals surface area contributed by atoms with Crippen LogP contribution in [0, 0.1) is 11.6 Å². The normalized spacial score (nSPS) is 10.7. The topological polar surface area (TPSA) is 26.3 Å². The van der Waals surface area contributed by atoms with Gasteiger partial charge in [0.1, 0.15) is 11.6 Å². The summed E-state index contributed by atoms with van der Waals surface area (Å²) < 4.78 is 33.4. The zero-order chi connectivity index (χ0) is 17.3. The Kier molecular flexibility index (Phi) is 4.78. The average Bonchev–Trinajstić information content (AvgIpc) is 2.97. The van der Waals surface area contributed by atoms with Crippen molar-refractivity contribution >= 4 is 33.2 Å². The van der Waals surface area contributed by atoms with Crippen molar-refractivity contribution in [2.24, 2.45) is 0 Å². The molecule has 1 aromatic heterocycles. The number of carbonyl (C=O) groups excluding carboxylic acids is 1. The smallest absolute Gasteiger partial charge is 0.338 e. The number of carbonyl (C=O) groups is 1. The third-order valence-corrected chi connectivity index (χ3v) is 5.17. The summed E-state index contributed by atoms with van der Waals surface area (Å²) in [6.07, 6.45) is 0. The third-order valence-electron chi connectivity index (χ3n) is 3.50. The van der Waals surface area contributed by atoms with Gasteiger partial charge in [-0.15, -0.1) is 11.3 Å². The lowest BCUT2D eigenvalue weighted by atomic mass is 9.99. The summed E-state index contributed by atoms with van der Waals surface area (Å²) in [7, 11) is 1.30. The predicted octanol–water partition coefficient (Wildman–Crippen LogP) is 5.91. The first-order chi connectivity index (χ1) is 11.5. The maximum Gasteiger partial charge on any atom is 0.338 e. The first kappa shape index (κ1) is 16.8. The van der Waals surface area contributed by atoms with Gasteiger partial charge < -0.3 is 4.74 Å². The second kappa shape index (κ2) is 6.83. The van der Waals surface area contributed by atoms with Gasteiger partial charge in [-0.25, -0.2) is 13.6 Å². The number of hydrogen-bond donors (Lipinski definition) is 0. The highest BCUT2D eigenvalue weighted by atomic mass is 79.9. The summed E-state index contributed by atoms with van der Waals surface area (Å²) in [5.41, 5.74) is 1.64. The fourth-order valence-corrected chi connectivity index (χ4v) is 4.09. The maximum absolute atomic E-state index is 14.2. The van der Waals surface area contributed by atoms with Crippen molar-refractivity contribution in [2.45, 2.75) is 0 Å². The van der Waals surface area contributed by atoms with Gasteiger partial charge in [-0.2, -0.15) is 0 Å². The van der Waals surface area contributed by atoms with E-state index in [1.54, 1.807) is 30.3 Å². The summed E-state index contributed by atoms with van der Waals surface area (Å²) >= 11 is 4.72. The van der Waals surface area contributed by atoms with Gasteiger partial charge in [0.15, 0.2) is 0 Å². The van der Waals surface area contributed by atoms with Crippen LogP contribution in [0.4, 0.5) is 8.78 Å². The minimum atomic E-state index is -0.529. The molecule has 3 rings (SSSR count). The molecule has 0 fully saturated rings. The molecule has 0 spiro atoms. The highest BCUT2D eigenvalue weighted by molar-refractivity contribution is 9.11. The molecule has 0 N–H and O–H groups in total. The number of thiophene rings is 1. The van der Waals surface area contributed by atoms with Crippen LogP contribution in [0.25, 0.3) is 21.6 Å². The van der Waals surface area contributed by atoms with E-state index in [1.165, 1.54) is 18.4 Å². The van der Waals surface area contributed by atoms with E-state index in [9.17, 15) is 13.6 Å². The van der Waals surface area contributed by atoms with Crippen molar-refractivity contribution in [1.82, 2.24) is 0 Å². The average molecular weight is 409 g/mol. The van der Waals surface area contributed by atoms with E-state index in [-0.39, 0.29) is 5.56 Å². The van der Waals surface area contributed by atoms with Crippen LogP contribution in [0.15, 0.2) is 52.3 Å². The van der Waals surface area contributed by atoms with Crippen molar-refractivity contribution in [3.05, 3.63) is 69.5 Å². The van der Waals surface area contributed by atoms with Crippen molar-refractivity contribution in [1.29, 1.82) is 0 Å². The third kappa shape index (κ3) is 3.12. The summed E-state index contributed by atoms with van der Waals surface area (Å²) in [6, 6.07) is 11.9. The molecule has 0 saturated heterocycles. The highest BCUT2D eigenvalue weighted by Crippen LogP contribution is 2.43. The number of hydrogen-bond acceptors (Lipinski definition) is 3. The number of ether oxygens (including phenoxy) is 1. The lowest BCUT2D eigenvalue weighted by Gasteiger charge is -2.09. The van der Waals surface area contributed by atoms with E-state index in [4.69, 9.17) is 4.74 Å². The van der Waals surface area contributed by atoms with Gasteiger partial charge >= 0.3 is 5.97 Å². The molecule has 0 saturated carbocycles. The minimum Gasteiger partial charge on any atom is -0.465 e. The molecule has 0 bridgehead atoms. The van der Waals surface area contributed by atoms with Crippen molar-refractivity contribution < 1.29 is 18.3 Å². The lowest BCUT2D eigenvalue weighted by Crippen LogP contribution is -2.03. The predicted molar refractivity (Wildman–Crippen MR) is 94.1 cm³/mol. The SMILES string of the molecule is COC(=O)c1ccccc1-c1sc(Br)cc1-c1cc(F)ccc1F. The van der Waals surface area contributed by atoms with Crippen LogP contribution in [-0.2, 0) is 4.74 Å². The zero-order valence-corrected chi connectivity index (χ0v) is 14.9. The van der Waals surface area contributed by atoms with Gasteiger partial charge in [0.2, 0.25) is 0 Å². The summed E-state index contributed by atoms with van der Waals surface area (Å²) in [6.45, 7) is 0. The molecule has 0 aliphatic rings. The van der Waals surface area contributed by atoms with E-state index in [0.29, 0.717) is 21.6 Å². The fraction of sp³-hybridized carbons (Fsp3) is 0.0556. The molecule has 24 heavy (non-hydrogen) atoms. The van der Waals surface area contributed by atoms with Crippen molar-refractivity contribution in [3.63, 3.8) is 0 Å². The Morgan fingerprint density at radius 1 is 1.04 bits per heavy atom. The minimum absolute atomic E-state index is 0.145. The molecule has 0 aliphatic carbocycles. The monoisotopic (exact) mass is 408 g/mol. The molecule has 2 nitrogen and oxygen atoms in total. The van der Waals surface area contributed by atoms with Crippen molar-refractivity contribution in [3.8, 4) is 21.6 Å². The van der Waals surface area contributed by atoms with Gasteiger partial charge in [-0.3, -0.25) is 0 Å². The number of methoxy groups -OCH3 is 1. The second-order valence-corrected chi connectivity index (χ2v) is 7.39. The standard InChI is InChI=1S/C18H11BrF2O2S/c1-23-18(22)12-5-3-2-4-11(12)17-14(9-16(19)24-17)13-8-10(20)6-7-15(13)21/h2-9H,1H3. The van der Waals surface area contributed by atoms with Crippen LogP contribution in [0.5, 0.6) is 0 Å². The Morgan fingerprint density at radius 3 is 2.54 bits per heavy atom. The quantitative estimate of drug-likeness (QED) is 0.503. The maximum atomic E-state index is 14.2. The molecule has 0 unspecified atom stereocenters. The number of halogens is 3. The molecule has 6 heteroatoms. The lowest BCUT2D eigenvalue weighted by molar-refractivity contribution is 0.0601. The summed E-state index contributed by atoms with van der Waals surface area (Å²) in [4.78, 5) is 12.7. The van der Waals surface area contributed by atoms with Crippen LogP contribution < -0.4 is 0 Å². The highest BCUT2D eigenvalue weighted by Gasteiger charge is 2.20. The van der Waals surface area contributed by atoms with E-state index in [1.807, 2.05) is 0 Å². The Labute approximate surface area is 149 Å². The molecule has 1 heterocycles. The van der Waals surface area contributed by atoms with Gasteiger partial charge in [0.05, 0.1) is 16.5 Å². The second-order valence-electron chi connectivity index (χ2n) is 4.95. The van der Waals surface area contributed by atoms with E-state index in [0.717, 1.165) is 22.0 Å². The molecule has 0 atom stereocenters. The van der Waals surface area contributed by atoms with E-state index >= 15 is 0 Å². The van der Waals surface area contributed by atoms with Crippen molar-refractivity contribution in [2.75, 3.05) is 7.11 Å². The van der Waals surface area contributed by atoms with Gasteiger partial charge in [0.25, 0.3) is 0 Å². The molecule has 0 radical (unpaired) electrons. The van der Waals surface area contributed by atoms with Gasteiger partial charge in [0, 0.05) is 21.6 Å². The molecule has 0 amide bonds. The molecule has 3 aromatic rings. The van der Waals surface area contributed by atoms with Crippen LogP contribution in [0.2, 0.25) is 0 Å². The molecule has 2 aromatic carbocycles. The largest absolute Gasteiger partial charge is 0.465 e. The summed E-state index contributed by atoms with van der Waals surface area (Å²) in [5, 5.41) is 0. The van der Waals surface area contributed by atoms with Gasteiger partial charge in [-0.1, -0.05) is 18.2 Å². The Balaban J connectivity index is 2.25. The molecule has 0 aliphatic heterocycles. The zero-order valence-electron chi connectivity index (χ0n) is 12.5. The van der Waals surface area contributed by atoms with E-state index < -0.39 is 17.6 Å². The van der Waals surface area contributed by atoms with Crippen LogP contribution >= 0.6 is 27.3 Å². The van der Waals surface area contributed by atoms with Gasteiger partial charge in [-0.05, 0) is 46.3 Å². The van der Waals surface area contributed by atoms with Crippen LogP contribution in [0.3, 0.4) is 0 Å². The van der Waals surface area contributed by atoms with E-state index in [2.05, 4.69) is 15.9 Å². The molecular weight excluding hydrogens is 398 g/mol. The first-order valence-electron chi connectivity index (χ1n) is 6.93. The van der Waals surface area contributed by atoms with Crippen LogP contribution in [-0.4, -0.2) is 13.1 Å². The Bertz CT molecular complexity index is 921. The van der Waals surface area contributed by atoms with Crippen LogP contribution in [0.1, 0.15) is 10.4 Å². The molecular formula is C18H11BrF2O2S. The Morgan fingerprint density at radius 2 is 1.79 bits per heavy atom. The fourth-order valence-electron chi connectivity index (χ4n) is 2.43. The number of esters is 1. The Hall–Kier alpha value is -2.05. The summed E-state index contributed by atoms with van der Waals surface area (Å²) in [5.74, 6) is -1.54. The first-order valence-corrected chi connectivity index (χ1v) is 8.54. The number of benzene rings is 2. The molecule has 122 valence electrons.